The van der Waals surface area contributed by atoms with E-state index in [9.17, 15) is 8.42 Å². The summed E-state index contributed by atoms with van der Waals surface area (Å²) in [7, 11) is -3.40. The van der Waals surface area contributed by atoms with E-state index < -0.39 is 10.0 Å². The highest BCUT2D eigenvalue weighted by Crippen LogP contribution is 2.13. The second-order valence-corrected chi connectivity index (χ2v) is 5.83. The van der Waals surface area contributed by atoms with Crippen molar-refractivity contribution >= 4 is 15.7 Å². The third-order valence-corrected chi connectivity index (χ3v) is 3.87. The van der Waals surface area contributed by atoms with Gasteiger partial charge in [-0.2, -0.15) is 0 Å². The zero-order valence-electron chi connectivity index (χ0n) is 10.2. The van der Waals surface area contributed by atoms with Crippen LogP contribution < -0.4 is 10.5 Å². The highest BCUT2D eigenvalue weighted by atomic mass is 32.2. The molecule has 1 heterocycles. The van der Waals surface area contributed by atoms with E-state index in [0.717, 1.165) is 0 Å². The number of para-hydroxylation sites is 1. The lowest BCUT2D eigenvalue weighted by molar-refractivity contribution is 0.552. The van der Waals surface area contributed by atoms with E-state index in [1.54, 1.807) is 41.3 Å². The number of hydrogen-bond donors (Lipinski definition) is 2. The number of nitrogen functional groups attached to an aromatic ring is 1. The van der Waals surface area contributed by atoms with Crippen LogP contribution in [-0.2, 0) is 22.3 Å². The lowest BCUT2D eigenvalue weighted by Gasteiger charge is -2.08. The molecule has 102 valence electrons. The third-order valence-electron chi connectivity index (χ3n) is 2.54. The van der Waals surface area contributed by atoms with Gasteiger partial charge in [-0.05, 0) is 11.6 Å². The molecular formula is C11H15N5O2S. The minimum absolute atomic E-state index is 0.128. The van der Waals surface area contributed by atoms with Gasteiger partial charge in [-0.25, -0.2) is 13.1 Å². The first kappa shape index (κ1) is 13.5. The van der Waals surface area contributed by atoms with Crippen molar-refractivity contribution in [3.05, 3.63) is 42.2 Å². The highest BCUT2D eigenvalue weighted by molar-refractivity contribution is 7.88. The van der Waals surface area contributed by atoms with Crippen LogP contribution in [0.1, 0.15) is 5.56 Å². The van der Waals surface area contributed by atoms with Crippen LogP contribution in [0.25, 0.3) is 0 Å². The Hall–Kier alpha value is -1.93. The Morgan fingerprint density at radius 2 is 2.11 bits per heavy atom. The number of sulfonamides is 1. The molecule has 7 nitrogen and oxygen atoms in total. The Labute approximate surface area is 111 Å². The van der Waals surface area contributed by atoms with Crippen LogP contribution in [0.3, 0.4) is 0 Å². The number of nitrogens with one attached hydrogen (secondary N) is 1. The number of anilines is 1. The molecule has 3 N–H and O–H groups in total. The smallest absolute Gasteiger partial charge is 0.215 e. The Morgan fingerprint density at radius 3 is 2.79 bits per heavy atom. The van der Waals surface area contributed by atoms with Crippen molar-refractivity contribution < 1.29 is 8.42 Å². The molecule has 0 fully saturated rings. The van der Waals surface area contributed by atoms with E-state index in [-0.39, 0.29) is 12.3 Å². The third kappa shape index (κ3) is 4.04. The summed E-state index contributed by atoms with van der Waals surface area (Å²) < 4.78 is 27.8. The predicted octanol–water partition coefficient (Wildman–Crippen LogP) is -0.0201. The molecule has 2 aromatic rings. The molecule has 1 aromatic carbocycles. The number of nitrogens with two attached hydrogens (primary N) is 1. The summed E-state index contributed by atoms with van der Waals surface area (Å²) in [5.74, 6) is -0.128. The summed E-state index contributed by atoms with van der Waals surface area (Å²) in [6.07, 6.45) is 3.21. The molecule has 1 aromatic heterocycles. The maximum Gasteiger partial charge on any atom is 0.215 e. The Kier molecular flexibility index (Phi) is 4.13. The standard InChI is InChI=1S/C11H15N5O2S/c12-11-4-2-1-3-10(11)9-19(17,18)14-6-8-16-7-5-13-15-16/h1-5,7,14H,6,8-9,12H2. The molecule has 0 amide bonds. The lowest BCUT2D eigenvalue weighted by atomic mass is 10.2. The number of benzene rings is 1. The van der Waals surface area contributed by atoms with Gasteiger partial charge in [0.25, 0.3) is 0 Å². The van der Waals surface area contributed by atoms with E-state index in [4.69, 9.17) is 5.73 Å². The summed E-state index contributed by atoms with van der Waals surface area (Å²) in [6, 6.07) is 6.91. The number of rotatable bonds is 6. The number of nitrogens with zero attached hydrogens (tertiary/aromatic N) is 3. The van der Waals surface area contributed by atoms with E-state index in [0.29, 0.717) is 17.8 Å². The van der Waals surface area contributed by atoms with Crippen LogP contribution in [0.15, 0.2) is 36.7 Å². The molecule has 8 heteroatoms. The first-order valence-electron chi connectivity index (χ1n) is 5.72. The highest BCUT2D eigenvalue weighted by Gasteiger charge is 2.12. The predicted molar refractivity (Wildman–Crippen MR) is 71.5 cm³/mol. The molecule has 0 unspecified atom stereocenters. The zero-order chi connectivity index (χ0) is 13.7. The largest absolute Gasteiger partial charge is 0.398 e. The number of aromatic nitrogens is 3. The summed E-state index contributed by atoms with van der Waals surface area (Å²) in [6.45, 7) is 0.696. The number of hydrogen-bond acceptors (Lipinski definition) is 5. The van der Waals surface area contributed by atoms with Crippen molar-refractivity contribution in [2.45, 2.75) is 12.3 Å². The van der Waals surface area contributed by atoms with Gasteiger partial charge in [0.05, 0.1) is 18.5 Å². The first-order valence-corrected chi connectivity index (χ1v) is 7.37. The second kappa shape index (κ2) is 5.81. The van der Waals surface area contributed by atoms with Crippen LogP contribution in [0.4, 0.5) is 5.69 Å². The van der Waals surface area contributed by atoms with Gasteiger partial charge in [-0.3, -0.25) is 4.68 Å². The van der Waals surface area contributed by atoms with Gasteiger partial charge in [0.1, 0.15) is 0 Å². The molecule has 2 rings (SSSR count). The Bertz CT molecular complexity index is 624. The molecule has 19 heavy (non-hydrogen) atoms. The van der Waals surface area contributed by atoms with Crippen LogP contribution in [0.2, 0.25) is 0 Å². The molecule has 0 aliphatic carbocycles. The van der Waals surface area contributed by atoms with Crippen molar-refractivity contribution in [3.8, 4) is 0 Å². The molecule has 0 saturated carbocycles. The maximum absolute atomic E-state index is 11.9. The fourth-order valence-electron chi connectivity index (χ4n) is 1.59. The van der Waals surface area contributed by atoms with Crippen molar-refractivity contribution in [1.82, 2.24) is 19.7 Å². The quantitative estimate of drug-likeness (QED) is 0.724. The molecule has 0 atom stereocenters. The van der Waals surface area contributed by atoms with E-state index in [2.05, 4.69) is 15.0 Å². The van der Waals surface area contributed by atoms with E-state index in [1.165, 1.54) is 0 Å². The van der Waals surface area contributed by atoms with Gasteiger partial charge in [-0.1, -0.05) is 23.4 Å². The molecule has 0 aliphatic rings. The van der Waals surface area contributed by atoms with Crippen LogP contribution in [0, 0.1) is 0 Å². The normalized spacial score (nSPS) is 11.6. The maximum atomic E-state index is 11.9. The van der Waals surface area contributed by atoms with Gasteiger partial charge in [0, 0.05) is 18.4 Å². The van der Waals surface area contributed by atoms with Gasteiger partial charge < -0.3 is 5.73 Å². The minimum Gasteiger partial charge on any atom is -0.398 e. The SMILES string of the molecule is Nc1ccccc1CS(=O)(=O)NCCn1ccnn1. The Balaban J connectivity index is 1.90. The monoisotopic (exact) mass is 281 g/mol. The van der Waals surface area contributed by atoms with Crippen molar-refractivity contribution in [2.75, 3.05) is 12.3 Å². The van der Waals surface area contributed by atoms with Crippen LogP contribution in [-0.4, -0.2) is 30.0 Å². The van der Waals surface area contributed by atoms with E-state index in [1.807, 2.05) is 0 Å². The summed E-state index contributed by atoms with van der Waals surface area (Å²) in [4.78, 5) is 0. The molecule has 0 radical (unpaired) electrons. The average molecular weight is 281 g/mol. The average Bonchev–Trinajstić information content (AvgIpc) is 2.85. The molecule has 0 aliphatic heterocycles. The van der Waals surface area contributed by atoms with Crippen LogP contribution >= 0.6 is 0 Å². The fraction of sp³-hybridized carbons (Fsp3) is 0.273. The summed E-state index contributed by atoms with van der Waals surface area (Å²) in [5.41, 5.74) is 6.79. The zero-order valence-corrected chi connectivity index (χ0v) is 11.0. The summed E-state index contributed by atoms with van der Waals surface area (Å²) >= 11 is 0. The van der Waals surface area contributed by atoms with Crippen molar-refractivity contribution in [2.24, 2.45) is 0 Å². The van der Waals surface area contributed by atoms with E-state index >= 15 is 0 Å². The lowest BCUT2D eigenvalue weighted by Crippen LogP contribution is -2.29. The van der Waals surface area contributed by atoms with Crippen molar-refractivity contribution in [3.63, 3.8) is 0 Å². The van der Waals surface area contributed by atoms with Gasteiger partial charge >= 0.3 is 0 Å². The first-order chi connectivity index (χ1) is 9.07. The summed E-state index contributed by atoms with van der Waals surface area (Å²) in [5, 5.41) is 7.38. The fourth-order valence-corrected chi connectivity index (χ4v) is 2.77. The Morgan fingerprint density at radius 1 is 1.32 bits per heavy atom. The van der Waals surface area contributed by atoms with Gasteiger partial charge in [-0.15, -0.1) is 5.10 Å². The second-order valence-electron chi connectivity index (χ2n) is 4.02. The molecular weight excluding hydrogens is 266 g/mol. The molecule has 0 spiro atoms. The van der Waals surface area contributed by atoms with Crippen molar-refractivity contribution in [1.29, 1.82) is 0 Å². The van der Waals surface area contributed by atoms with Crippen LogP contribution in [0.5, 0.6) is 0 Å². The topological polar surface area (TPSA) is 103 Å². The van der Waals surface area contributed by atoms with Gasteiger partial charge in [0.15, 0.2) is 0 Å². The minimum atomic E-state index is -3.40. The molecule has 0 saturated heterocycles. The molecule has 0 bridgehead atoms. The van der Waals surface area contributed by atoms with Gasteiger partial charge in [0.2, 0.25) is 10.0 Å².